The summed E-state index contributed by atoms with van der Waals surface area (Å²) in [6.45, 7) is 0. The molecule has 0 radical (unpaired) electrons. The molecule has 1 heterocycles. The number of carbonyl (C=O) groups is 1. The molecule has 0 fully saturated rings. The normalized spacial score (nSPS) is 16.7. The van der Waals surface area contributed by atoms with Crippen LogP contribution in [0.5, 0.6) is 0 Å². The predicted molar refractivity (Wildman–Crippen MR) is 74.1 cm³/mol. The second-order valence-electron chi connectivity index (χ2n) is 5.05. The van der Waals surface area contributed by atoms with E-state index in [1.165, 1.54) is 5.56 Å². The highest BCUT2D eigenvalue weighted by atomic mass is 16.4. The van der Waals surface area contributed by atoms with Crippen molar-refractivity contribution in [3.63, 3.8) is 0 Å². The van der Waals surface area contributed by atoms with Crippen LogP contribution in [0.15, 0.2) is 51.7 Å². The molecule has 20 heavy (non-hydrogen) atoms. The third kappa shape index (κ3) is 1.54. The molecule has 1 aromatic heterocycles. The van der Waals surface area contributed by atoms with Crippen LogP contribution >= 0.6 is 0 Å². The Morgan fingerprint density at radius 1 is 1.20 bits per heavy atom. The molecule has 4 rings (SSSR count). The van der Waals surface area contributed by atoms with Crippen LogP contribution in [0.1, 0.15) is 27.4 Å². The van der Waals surface area contributed by atoms with Crippen molar-refractivity contribution in [2.45, 2.75) is 12.3 Å². The molecule has 0 spiro atoms. The van der Waals surface area contributed by atoms with E-state index in [2.05, 4.69) is 4.98 Å². The van der Waals surface area contributed by atoms with E-state index in [0.29, 0.717) is 16.7 Å². The Labute approximate surface area is 114 Å². The van der Waals surface area contributed by atoms with Crippen molar-refractivity contribution in [2.75, 3.05) is 0 Å². The van der Waals surface area contributed by atoms with Gasteiger partial charge in [-0.15, -0.1) is 0 Å². The van der Waals surface area contributed by atoms with Gasteiger partial charge in [0.2, 0.25) is 0 Å². The van der Waals surface area contributed by atoms with E-state index in [0.717, 1.165) is 12.0 Å². The van der Waals surface area contributed by atoms with Crippen molar-refractivity contribution in [3.8, 4) is 0 Å². The Morgan fingerprint density at radius 2 is 2.05 bits per heavy atom. The van der Waals surface area contributed by atoms with Crippen LogP contribution in [0.2, 0.25) is 0 Å². The third-order valence-electron chi connectivity index (χ3n) is 3.88. The van der Waals surface area contributed by atoms with Crippen molar-refractivity contribution in [1.82, 2.24) is 4.98 Å². The molecule has 1 aliphatic carbocycles. The fourth-order valence-corrected chi connectivity index (χ4v) is 2.79. The number of nitrogens with one attached hydrogen (secondary N) is 1. The van der Waals surface area contributed by atoms with Crippen LogP contribution in [0.3, 0.4) is 0 Å². The number of rotatable bonds is 2. The topological polar surface area (TPSA) is 63.1 Å². The molecule has 0 saturated heterocycles. The number of Topliss-reactive ketones (excluding diaryl/α,β-unsaturated/α-hetero) is 1. The maximum atomic E-state index is 12.5. The second-order valence-corrected chi connectivity index (χ2v) is 5.05. The number of carbonyl (C=O) groups excluding carboxylic acids is 1. The summed E-state index contributed by atoms with van der Waals surface area (Å²) in [6.07, 6.45) is 0.782. The van der Waals surface area contributed by atoms with Gasteiger partial charge in [-0.2, -0.15) is 0 Å². The van der Waals surface area contributed by atoms with E-state index in [9.17, 15) is 9.59 Å². The van der Waals surface area contributed by atoms with E-state index in [1.54, 1.807) is 18.2 Å². The SMILES string of the molecule is O=C(c1ccc2[nH]c(=O)oc2c1)C1Cc2ccccc21. The molecule has 1 atom stereocenters. The quantitative estimate of drug-likeness (QED) is 0.724. The molecule has 0 saturated carbocycles. The summed E-state index contributed by atoms with van der Waals surface area (Å²) in [5, 5.41) is 0. The van der Waals surface area contributed by atoms with E-state index < -0.39 is 5.76 Å². The molecule has 2 aromatic carbocycles. The van der Waals surface area contributed by atoms with Gasteiger partial charge in [-0.05, 0) is 35.7 Å². The van der Waals surface area contributed by atoms with Crippen LogP contribution in [0.4, 0.5) is 0 Å². The lowest BCUT2D eigenvalue weighted by Crippen LogP contribution is -2.25. The number of oxazole rings is 1. The largest absolute Gasteiger partial charge is 0.417 e. The summed E-state index contributed by atoms with van der Waals surface area (Å²) >= 11 is 0. The number of aromatic nitrogens is 1. The standard InChI is InChI=1S/C16H11NO3/c18-15(12-7-9-3-1-2-4-11(9)12)10-5-6-13-14(8-10)20-16(19)17-13/h1-6,8,12H,7H2,(H,17,19). The van der Waals surface area contributed by atoms with Crippen molar-refractivity contribution in [1.29, 1.82) is 0 Å². The van der Waals surface area contributed by atoms with Crippen LogP contribution in [0.25, 0.3) is 11.1 Å². The highest BCUT2D eigenvalue weighted by Crippen LogP contribution is 2.37. The lowest BCUT2D eigenvalue weighted by atomic mass is 9.74. The van der Waals surface area contributed by atoms with Gasteiger partial charge < -0.3 is 4.42 Å². The molecule has 4 heteroatoms. The molecule has 1 aliphatic rings. The molecule has 0 bridgehead atoms. The van der Waals surface area contributed by atoms with Gasteiger partial charge in [0.25, 0.3) is 0 Å². The lowest BCUT2D eigenvalue weighted by molar-refractivity contribution is 0.0949. The number of hydrogen-bond acceptors (Lipinski definition) is 3. The van der Waals surface area contributed by atoms with Crippen molar-refractivity contribution in [2.24, 2.45) is 0 Å². The van der Waals surface area contributed by atoms with Crippen LogP contribution in [-0.2, 0) is 6.42 Å². The van der Waals surface area contributed by atoms with E-state index >= 15 is 0 Å². The van der Waals surface area contributed by atoms with Gasteiger partial charge in [0.15, 0.2) is 11.4 Å². The van der Waals surface area contributed by atoms with Crippen LogP contribution in [0, 0.1) is 0 Å². The summed E-state index contributed by atoms with van der Waals surface area (Å²) in [5.74, 6) is -0.498. The average molecular weight is 265 g/mol. The van der Waals surface area contributed by atoms with Gasteiger partial charge in [0.1, 0.15) is 0 Å². The summed E-state index contributed by atoms with van der Waals surface area (Å²) in [5.41, 5.74) is 3.96. The lowest BCUT2D eigenvalue weighted by Gasteiger charge is -2.28. The molecule has 0 aliphatic heterocycles. The molecule has 4 nitrogen and oxygen atoms in total. The first-order chi connectivity index (χ1) is 9.72. The molecule has 0 amide bonds. The van der Waals surface area contributed by atoms with Gasteiger partial charge in [-0.1, -0.05) is 24.3 Å². The zero-order valence-electron chi connectivity index (χ0n) is 10.6. The zero-order chi connectivity index (χ0) is 13.7. The molecule has 1 N–H and O–H groups in total. The summed E-state index contributed by atoms with van der Waals surface area (Å²) in [7, 11) is 0. The maximum absolute atomic E-state index is 12.5. The Balaban J connectivity index is 1.73. The first kappa shape index (κ1) is 11.2. The van der Waals surface area contributed by atoms with Crippen molar-refractivity contribution < 1.29 is 9.21 Å². The molecular weight excluding hydrogens is 254 g/mol. The molecule has 3 aromatic rings. The zero-order valence-corrected chi connectivity index (χ0v) is 10.6. The van der Waals surface area contributed by atoms with Gasteiger partial charge in [-0.25, -0.2) is 4.79 Å². The Bertz CT molecular complexity index is 888. The van der Waals surface area contributed by atoms with Gasteiger partial charge >= 0.3 is 5.76 Å². The van der Waals surface area contributed by atoms with Crippen LogP contribution < -0.4 is 5.76 Å². The predicted octanol–water partition coefficient (Wildman–Crippen LogP) is 2.64. The summed E-state index contributed by atoms with van der Waals surface area (Å²) in [6, 6.07) is 13.1. The highest BCUT2D eigenvalue weighted by molar-refractivity contribution is 6.04. The fraction of sp³-hybridized carbons (Fsp3) is 0.125. The minimum Gasteiger partial charge on any atom is -0.408 e. The maximum Gasteiger partial charge on any atom is 0.417 e. The number of fused-ring (bicyclic) bond motifs is 2. The molecule has 1 unspecified atom stereocenters. The van der Waals surface area contributed by atoms with Gasteiger partial charge in [-0.3, -0.25) is 9.78 Å². The number of hydrogen-bond donors (Lipinski definition) is 1. The smallest absolute Gasteiger partial charge is 0.408 e. The van der Waals surface area contributed by atoms with Crippen molar-refractivity contribution in [3.05, 3.63) is 69.7 Å². The fourth-order valence-electron chi connectivity index (χ4n) is 2.79. The number of aromatic amines is 1. The first-order valence-corrected chi connectivity index (χ1v) is 6.47. The highest BCUT2D eigenvalue weighted by Gasteiger charge is 2.32. The third-order valence-corrected chi connectivity index (χ3v) is 3.88. The summed E-state index contributed by atoms with van der Waals surface area (Å²) in [4.78, 5) is 26.2. The van der Waals surface area contributed by atoms with Crippen LogP contribution in [-0.4, -0.2) is 10.8 Å². The average Bonchev–Trinajstić information content (AvgIpc) is 2.79. The van der Waals surface area contributed by atoms with E-state index in [4.69, 9.17) is 4.42 Å². The molecular formula is C16H11NO3. The van der Waals surface area contributed by atoms with Crippen molar-refractivity contribution >= 4 is 16.9 Å². The number of H-pyrrole nitrogens is 1. The van der Waals surface area contributed by atoms with E-state index in [-0.39, 0.29) is 11.7 Å². The second kappa shape index (κ2) is 3.93. The Kier molecular flexibility index (Phi) is 2.21. The Hall–Kier alpha value is -2.62. The monoisotopic (exact) mass is 265 g/mol. The Morgan fingerprint density at radius 3 is 2.90 bits per heavy atom. The van der Waals surface area contributed by atoms with E-state index in [1.807, 2.05) is 24.3 Å². The minimum atomic E-state index is -0.501. The van der Waals surface area contributed by atoms with Gasteiger partial charge in [0.05, 0.1) is 11.4 Å². The number of ketones is 1. The number of benzene rings is 2. The minimum absolute atomic E-state index is 0.0747. The van der Waals surface area contributed by atoms with Gasteiger partial charge in [0, 0.05) is 5.56 Å². The summed E-state index contributed by atoms with van der Waals surface area (Å²) < 4.78 is 5.00. The molecule has 98 valence electrons. The first-order valence-electron chi connectivity index (χ1n) is 6.47.